The third-order valence-electron chi connectivity index (χ3n) is 3.96. The molecule has 0 saturated carbocycles. The summed E-state index contributed by atoms with van der Waals surface area (Å²) in [4.78, 5) is 20.2. The van der Waals surface area contributed by atoms with Crippen LogP contribution >= 0.6 is 0 Å². The fourth-order valence-electron chi connectivity index (χ4n) is 2.78. The highest BCUT2D eigenvalue weighted by Crippen LogP contribution is 2.14. The van der Waals surface area contributed by atoms with E-state index in [1.165, 1.54) is 12.8 Å². The molecule has 1 aliphatic rings. The van der Waals surface area contributed by atoms with Gasteiger partial charge >= 0.3 is 6.03 Å². The Balaban J connectivity index is 1.67. The molecule has 2 amide bonds. The summed E-state index contributed by atoms with van der Waals surface area (Å²) >= 11 is 0. The second kappa shape index (κ2) is 7.98. The third-order valence-corrected chi connectivity index (χ3v) is 3.96. The highest BCUT2D eigenvalue weighted by molar-refractivity contribution is 5.73. The number of pyridine rings is 1. The van der Waals surface area contributed by atoms with E-state index in [0.29, 0.717) is 13.1 Å². The van der Waals surface area contributed by atoms with E-state index in [-0.39, 0.29) is 6.03 Å². The maximum Gasteiger partial charge on any atom is 0.317 e. The lowest BCUT2D eigenvalue weighted by Gasteiger charge is -2.31. The molecule has 1 N–H and O–H groups in total. The Hall–Kier alpha value is -1.62. The maximum absolute atomic E-state index is 12.0. The Labute approximate surface area is 127 Å². The van der Waals surface area contributed by atoms with Gasteiger partial charge in [-0.25, -0.2) is 4.79 Å². The zero-order valence-corrected chi connectivity index (χ0v) is 13.1. The molecule has 21 heavy (non-hydrogen) atoms. The fourth-order valence-corrected chi connectivity index (χ4v) is 2.78. The van der Waals surface area contributed by atoms with Crippen molar-refractivity contribution in [2.75, 3.05) is 33.2 Å². The number of nitrogens with zero attached hydrogens (tertiary/aromatic N) is 3. The molecule has 5 nitrogen and oxygen atoms in total. The standard InChI is InChI=1S/C16H26N4O/c1-14-4-3-10-20(12-14)11-9-18-16(21)19(2)13-15-5-7-17-8-6-15/h5-8,14H,3-4,9-13H2,1-2H3,(H,18,21). The number of piperidine rings is 1. The minimum atomic E-state index is -0.0168. The van der Waals surface area contributed by atoms with E-state index in [2.05, 4.69) is 22.1 Å². The van der Waals surface area contributed by atoms with Crippen molar-refractivity contribution in [2.45, 2.75) is 26.3 Å². The van der Waals surface area contributed by atoms with Crippen LogP contribution in [0.25, 0.3) is 0 Å². The smallest absolute Gasteiger partial charge is 0.317 e. The molecule has 0 radical (unpaired) electrons. The third kappa shape index (κ3) is 5.34. The largest absolute Gasteiger partial charge is 0.337 e. The molecule has 0 bridgehead atoms. The normalized spacial score (nSPS) is 19.2. The van der Waals surface area contributed by atoms with Crippen LogP contribution in [-0.4, -0.2) is 54.0 Å². The monoisotopic (exact) mass is 290 g/mol. The quantitative estimate of drug-likeness (QED) is 0.902. The van der Waals surface area contributed by atoms with Crippen LogP contribution in [0.1, 0.15) is 25.3 Å². The molecule has 1 saturated heterocycles. The zero-order chi connectivity index (χ0) is 15.1. The van der Waals surface area contributed by atoms with Gasteiger partial charge in [0, 0.05) is 45.6 Å². The number of hydrogen-bond acceptors (Lipinski definition) is 3. The summed E-state index contributed by atoms with van der Waals surface area (Å²) in [6.07, 6.45) is 6.10. The number of carbonyl (C=O) groups excluding carboxylic acids is 1. The SMILES string of the molecule is CC1CCCN(CCNC(=O)N(C)Cc2ccncc2)C1. The van der Waals surface area contributed by atoms with E-state index < -0.39 is 0 Å². The second-order valence-electron chi connectivity index (χ2n) is 5.99. The molecule has 5 heteroatoms. The number of nitrogens with one attached hydrogen (secondary N) is 1. The lowest BCUT2D eigenvalue weighted by atomic mass is 10.0. The molecule has 0 aliphatic carbocycles. The predicted octanol–water partition coefficient (Wildman–Crippen LogP) is 1.95. The van der Waals surface area contributed by atoms with Gasteiger partial charge < -0.3 is 15.1 Å². The molecular formula is C16H26N4O. The van der Waals surface area contributed by atoms with Crippen LogP contribution in [0.3, 0.4) is 0 Å². The van der Waals surface area contributed by atoms with Crippen LogP contribution < -0.4 is 5.32 Å². The van der Waals surface area contributed by atoms with E-state index in [9.17, 15) is 4.79 Å². The van der Waals surface area contributed by atoms with Crippen molar-refractivity contribution in [3.8, 4) is 0 Å². The Bertz CT molecular complexity index is 437. The average Bonchev–Trinajstić information content (AvgIpc) is 2.48. The molecule has 2 rings (SSSR count). The molecule has 1 atom stereocenters. The van der Waals surface area contributed by atoms with E-state index in [1.807, 2.05) is 19.2 Å². The highest BCUT2D eigenvalue weighted by atomic mass is 16.2. The van der Waals surface area contributed by atoms with Crippen LogP contribution in [0.5, 0.6) is 0 Å². The first-order valence-corrected chi connectivity index (χ1v) is 7.75. The van der Waals surface area contributed by atoms with Crippen molar-refractivity contribution in [3.05, 3.63) is 30.1 Å². The lowest BCUT2D eigenvalue weighted by molar-refractivity contribution is 0.178. The van der Waals surface area contributed by atoms with E-state index >= 15 is 0 Å². The fraction of sp³-hybridized carbons (Fsp3) is 0.625. The van der Waals surface area contributed by atoms with Gasteiger partial charge in [0.15, 0.2) is 0 Å². The Morgan fingerprint density at radius 1 is 1.48 bits per heavy atom. The molecule has 1 unspecified atom stereocenters. The van der Waals surface area contributed by atoms with Crippen LogP contribution in [0, 0.1) is 5.92 Å². The summed E-state index contributed by atoms with van der Waals surface area (Å²) in [5, 5.41) is 2.99. The summed E-state index contributed by atoms with van der Waals surface area (Å²) < 4.78 is 0. The molecule has 2 heterocycles. The van der Waals surface area contributed by atoms with E-state index in [4.69, 9.17) is 0 Å². The van der Waals surface area contributed by atoms with Gasteiger partial charge in [0.1, 0.15) is 0 Å². The maximum atomic E-state index is 12.0. The minimum absolute atomic E-state index is 0.0168. The summed E-state index contributed by atoms with van der Waals surface area (Å²) in [5.41, 5.74) is 1.09. The van der Waals surface area contributed by atoms with E-state index in [0.717, 1.165) is 31.1 Å². The molecule has 1 aromatic rings. The number of amides is 2. The van der Waals surface area contributed by atoms with Gasteiger partial charge in [-0.05, 0) is 43.0 Å². The predicted molar refractivity (Wildman–Crippen MR) is 83.9 cm³/mol. The Kier molecular flexibility index (Phi) is 5.99. The van der Waals surface area contributed by atoms with Crippen molar-refractivity contribution in [1.29, 1.82) is 0 Å². The van der Waals surface area contributed by atoms with Crippen LogP contribution in [0.4, 0.5) is 4.79 Å². The van der Waals surface area contributed by atoms with Gasteiger partial charge in [-0.15, -0.1) is 0 Å². The molecule has 1 fully saturated rings. The van der Waals surface area contributed by atoms with Gasteiger partial charge in [-0.3, -0.25) is 4.98 Å². The van der Waals surface area contributed by atoms with Gasteiger partial charge in [0.05, 0.1) is 0 Å². The first-order chi connectivity index (χ1) is 10.1. The van der Waals surface area contributed by atoms with Crippen molar-refractivity contribution >= 4 is 6.03 Å². The number of rotatable bonds is 5. The van der Waals surface area contributed by atoms with Crippen molar-refractivity contribution in [3.63, 3.8) is 0 Å². The highest BCUT2D eigenvalue weighted by Gasteiger charge is 2.16. The summed E-state index contributed by atoms with van der Waals surface area (Å²) in [5.74, 6) is 0.781. The number of hydrogen-bond donors (Lipinski definition) is 1. The molecule has 0 aromatic carbocycles. The number of aromatic nitrogens is 1. The van der Waals surface area contributed by atoms with Crippen LogP contribution in [-0.2, 0) is 6.54 Å². The topological polar surface area (TPSA) is 48.5 Å². The van der Waals surface area contributed by atoms with Gasteiger partial charge in [0.25, 0.3) is 0 Å². The van der Waals surface area contributed by atoms with Crippen molar-refractivity contribution in [1.82, 2.24) is 20.1 Å². The Morgan fingerprint density at radius 2 is 2.24 bits per heavy atom. The minimum Gasteiger partial charge on any atom is -0.337 e. The van der Waals surface area contributed by atoms with Crippen molar-refractivity contribution < 1.29 is 4.79 Å². The first kappa shape index (κ1) is 15.8. The molecule has 0 spiro atoms. The number of carbonyl (C=O) groups is 1. The number of likely N-dealkylation sites (tertiary alicyclic amines) is 1. The molecule has 1 aliphatic heterocycles. The zero-order valence-electron chi connectivity index (χ0n) is 13.1. The second-order valence-corrected chi connectivity index (χ2v) is 5.99. The van der Waals surface area contributed by atoms with Crippen molar-refractivity contribution in [2.24, 2.45) is 5.92 Å². The molecule has 116 valence electrons. The lowest BCUT2D eigenvalue weighted by Crippen LogP contribution is -2.43. The number of urea groups is 1. The van der Waals surface area contributed by atoms with E-state index in [1.54, 1.807) is 17.3 Å². The van der Waals surface area contributed by atoms with Gasteiger partial charge in [0.2, 0.25) is 0 Å². The summed E-state index contributed by atoms with van der Waals surface area (Å²) in [6, 6.07) is 3.84. The first-order valence-electron chi connectivity index (χ1n) is 7.75. The Morgan fingerprint density at radius 3 is 2.95 bits per heavy atom. The van der Waals surface area contributed by atoms with Gasteiger partial charge in [-0.2, -0.15) is 0 Å². The van der Waals surface area contributed by atoms with Crippen LogP contribution in [0.15, 0.2) is 24.5 Å². The average molecular weight is 290 g/mol. The molecule has 1 aromatic heterocycles. The van der Waals surface area contributed by atoms with Crippen LogP contribution in [0.2, 0.25) is 0 Å². The summed E-state index contributed by atoms with van der Waals surface area (Å²) in [7, 11) is 1.82. The summed E-state index contributed by atoms with van der Waals surface area (Å²) in [6.45, 7) is 6.88. The van der Waals surface area contributed by atoms with Gasteiger partial charge in [-0.1, -0.05) is 6.92 Å². The molecular weight excluding hydrogens is 264 g/mol.